The van der Waals surface area contributed by atoms with Crippen molar-refractivity contribution in [1.82, 2.24) is 4.98 Å². The Morgan fingerprint density at radius 1 is 1.10 bits per heavy atom. The Morgan fingerprint density at radius 3 is 2.24 bits per heavy atom. The van der Waals surface area contributed by atoms with Gasteiger partial charge in [0.1, 0.15) is 5.60 Å². The average Bonchev–Trinajstić information content (AvgIpc) is 2.37. The smallest absolute Gasteiger partial charge is 0.340 e. The Labute approximate surface area is 133 Å². The molecule has 0 aliphatic heterocycles. The minimum absolute atomic E-state index is 0.338. The molecule has 2 rings (SSSR count). The first kappa shape index (κ1) is 15.7. The normalized spacial score (nSPS) is 11.3. The van der Waals surface area contributed by atoms with Crippen LogP contribution in [0.15, 0.2) is 40.9 Å². The van der Waals surface area contributed by atoms with E-state index in [1.807, 2.05) is 58.0 Å². The Balaban J connectivity index is 2.29. The first-order valence-electron chi connectivity index (χ1n) is 6.73. The van der Waals surface area contributed by atoms with Crippen LogP contribution in [0.1, 0.15) is 36.8 Å². The zero-order chi connectivity index (χ0) is 15.6. The lowest BCUT2D eigenvalue weighted by Gasteiger charge is -2.20. The van der Waals surface area contributed by atoms with Gasteiger partial charge in [-0.1, -0.05) is 28.1 Å². The zero-order valence-electron chi connectivity index (χ0n) is 12.6. The van der Waals surface area contributed by atoms with E-state index in [1.54, 1.807) is 6.07 Å². The summed E-state index contributed by atoms with van der Waals surface area (Å²) in [6.07, 6.45) is 0. The standard InChI is InChI=1S/C17H18BrNO2/c1-11-14(16(20)21-17(2,3)4)9-10-15(19-11)12-5-7-13(18)8-6-12/h5-10H,1-4H3. The highest BCUT2D eigenvalue weighted by Gasteiger charge is 2.20. The highest BCUT2D eigenvalue weighted by Crippen LogP contribution is 2.22. The van der Waals surface area contributed by atoms with Crippen LogP contribution in [0.5, 0.6) is 0 Å². The van der Waals surface area contributed by atoms with Crippen LogP contribution in [0.3, 0.4) is 0 Å². The fourth-order valence-electron chi connectivity index (χ4n) is 1.89. The molecule has 0 unspecified atom stereocenters. The van der Waals surface area contributed by atoms with Gasteiger partial charge >= 0.3 is 5.97 Å². The summed E-state index contributed by atoms with van der Waals surface area (Å²) < 4.78 is 6.40. The number of aryl methyl sites for hydroxylation is 1. The quantitative estimate of drug-likeness (QED) is 0.734. The third-order valence-electron chi connectivity index (χ3n) is 2.84. The van der Waals surface area contributed by atoms with Crippen molar-refractivity contribution >= 4 is 21.9 Å². The number of rotatable bonds is 2. The molecular weight excluding hydrogens is 330 g/mol. The molecular formula is C17H18BrNO2. The molecule has 0 N–H and O–H groups in total. The van der Waals surface area contributed by atoms with Crippen molar-refractivity contribution in [3.05, 3.63) is 52.1 Å². The maximum absolute atomic E-state index is 12.1. The van der Waals surface area contributed by atoms with E-state index in [1.165, 1.54) is 0 Å². The fraction of sp³-hybridized carbons (Fsp3) is 0.294. The van der Waals surface area contributed by atoms with Gasteiger partial charge in [-0.05, 0) is 52.0 Å². The molecule has 0 spiro atoms. The van der Waals surface area contributed by atoms with Crippen LogP contribution >= 0.6 is 15.9 Å². The predicted molar refractivity (Wildman–Crippen MR) is 87.3 cm³/mol. The van der Waals surface area contributed by atoms with Crippen LogP contribution in [0, 0.1) is 6.92 Å². The van der Waals surface area contributed by atoms with Crippen molar-refractivity contribution in [2.24, 2.45) is 0 Å². The number of ether oxygens (including phenoxy) is 1. The molecule has 4 heteroatoms. The minimum Gasteiger partial charge on any atom is -0.456 e. The number of halogens is 1. The Bertz CT molecular complexity index is 657. The van der Waals surface area contributed by atoms with Gasteiger partial charge in [-0.2, -0.15) is 0 Å². The Morgan fingerprint density at radius 2 is 1.71 bits per heavy atom. The van der Waals surface area contributed by atoms with E-state index < -0.39 is 5.60 Å². The molecule has 2 aromatic rings. The molecule has 3 nitrogen and oxygen atoms in total. The largest absolute Gasteiger partial charge is 0.456 e. The van der Waals surface area contributed by atoms with Crippen molar-refractivity contribution in [2.45, 2.75) is 33.3 Å². The molecule has 0 aliphatic rings. The second-order valence-corrected chi connectivity index (χ2v) is 6.75. The SMILES string of the molecule is Cc1nc(-c2ccc(Br)cc2)ccc1C(=O)OC(C)(C)C. The second kappa shape index (κ2) is 5.98. The summed E-state index contributed by atoms with van der Waals surface area (Å²) in [4.78, 5) is 16.6. The number of benzene rings is 1. The number of pyridine rings is 1. The van der Waals surface area contributed by atoms with E-state index in [-0.39, 0.29) is 5.97 Å². The maximum atomic E-state index is 12.1. The van der Waals surface area contributed by atoms with Crippen molar-refractivity contribution in [3.63, 3.8) is 0 Å². The number of carbonyl (C=O) groups excluding carboxylic acids is 1. The van der Waals surface area contributed by atoms with Gasteiger partial charge in [-0.15, -0.1) is 0 Å². The first-order valence-corrected chi connectivity index (χ1v) is 7.52. The monoisotopic (exact) mass is 347 g/mol. The molecule has 1 heterocycles. The molecule has 0 radical (unpaired) electrons. The zero-order valence-corrected chi connectivity index (χ0v) is 14.2. The van der Waals surface area contributed by atoms with Gasteiger partial charge in [0.25, 0.3) is 0 Å². The van der Waals surface area contributed by atoms with Gasteiger partial charge < -0.3 is 4.74 Å². The van der Waals surface area contributed by atoms with Crippen molar-refractivity contribution in [3.8, 4) is 11.3 Å². The first-order chi connectivity index (χ1) is 9.76. The van der Waals surface area contributed by atoms with Crippen LogP contribution < -0.4 is 0 Å². The summed E-state index contributed by atoms with van der Waals surface area (Å²) in [6.45, 7) is 7.37. The van der Waals surface area contributed by atoms with Crippen LogP contribution in [0.2, 0.25) is 0 Å². The third kappa shape index (κ3) is 4.14. The summed E-state index contributed by atoms with van der Waals surface area (Å²) in [5.41, 5.74) is 2.52. The summed E-state index contributed by atoms with van der Waals surface area (Å²) in [5.74, 6) is -0.338. The molecule has 0 saturated carbocycles. The number of esters is 1. The van der Waals surface area contributed by atoms with Gasteiger partial charge in [-0.25, -0.2) is 4.79 Å². The number of carbonyl (C=O) groups is 1. The van der Waals surface area contributed by atoms with E-state index in [0.29, 0.717) is 11.3 Å². The van der Waals surface area contributed by atoms with Crippen molar-refractivity contribution < 1.29 is 9.53 Å². The summed E-state index contributed by atoms with van der Waals surface area (Å²) in [7, 11) is 0. The second-order valence-electron chi connectivity index (χ2n) is 5.84. The molecule has 1 aromatic carbocycles. The average molecular weight is 348 g/mol. The van der Waals surface area contributed by atoms with Gasteiger partial charge in [0.2, 0.25) is 0 Å². The lowest BCUT2D eigenvalue weighted by atomic mass is 10.1. The van der Waals surface area contributed by atoms with Crippen LogP contribution in [-0.4, -0.2) is 16.6 Å². The topological polar surface area (TPSA) is 39.2 Å². The van der Waals surface area contributed by atoms with Gasteiger partial charge in [0, 0.05) is 10.0 Å². The van der Waals surface area contributed by atoms with E-state index >= 15 is 0 Å². The summed E-state index contributed by atoms with van der Waals surface area (Å²) >= 11 is 3.41. The predicted octanol–water partition coefficient (Wildman–Crippen LogP) is 4.77. The number of hydrogen-bond donors (Lipinski definition) is 0. The maximum Gasteiger partial charge on any atom is 0.340 e. The fourth-order valence-corrected chi connectivity index (χ4v) is 2.16. The van der Waals surface area contributed by atoms with Crippen molar-refractivity contribution in [1.29, 1.82) is 0 Å². The molecule has 0 amide bonds. The molecule has 0 aliphatic carbocycles. The highest BCUT2D eigenvalue weighted by atomic mass is 79.9. The molecule has 0 fully saturated rings. The van der Waals surface area contributed by atoms with Crippen molar-refractivity contribution in [2.75, 3.05) is 0 Å². The number of nitrogens with zero attached hydrogens (tertiary/aromatic N) is 1. The van der Waals surface area contributed by atoms with E-state index in [2.05, 4.69) is 20.9 Å². The lowest BCUT2D eigenvalue weighted by molar-refractivity contribution is 0.00683. The molecule has 0 bridgehead atoms. The van der Waals surface area contributed by atoms with Gasteiger partial charge in [-0.3, -0.25) is 4.98 Å². The molecule has 0 atom stereocenters. The minimum atomic E-state index is -0.506. The number of hydrogen-bond acceptors (Lipinski definition) is 3. The Kier molecular flexibility index (Phi) is 4.47. The summed E-state index contributed by atoms with van der Waals surface area (Å²) in [5, 5.41) is 0. The molecule has 21 heavy (non-hydrogen) atoms. The van der Waals surface area contributed by atoms with E-state index in [9.17, 15) is 4.79 Å². The van der Waals surface area contributed by atoms with E-state index in [4.69, 9.17) is 4.74 Å². The molecule has 0 saturated heterocycles. The van der Waals surface area contributed by atoms with Crippen LogP contribution in [0.25, 0.3) is 11.3 Å². The van der Waals surface area contributed by atoms with Gasteiger partial charge in [0.05, 0.1) is 17.0 Å². The third-order valence-corrected chi connectivity index (χ3v) is 3.37. The van der Waals surface area contributed by atoms with Gasteiger partial charge in [0.15, 0.2) is 0 Å². The van der Waals surface area contributed by atoms with Crippen LogP contribution in [0.4, 0.5) is 0 Å². The number of aromatic nitrogens is 1. The lowest BCUT2D eigenvalue weighted by Crippen LogP contribution is -2.24. The Hall–Kier alpha value is -1.68. The van der Waals surface area contributed by atoms with E-state index in [0.717, 1.165) is 15.7 Å². The molecule has 1 aromatic heterocycles. The molecule has 110 valence electrons. The summed E-state index contributed by atoms with van der Waals surface area (Å²) in [6, 6.07) is 11.5. The highest BCUT2D eigenvalue weighted by molar-refractivity contribution is 9.10. The van der Waals surface area contributed by atoms with Crippen LogP contribution in [-0.2, 0) is 4.74 Å².